The van der Waals surface area contributed by atoms with E-state index in [0.29, 0.717) is 0 Å². The first-order chi connectivity index (χ1) is 7.47. The molecule has 0 heterocycles. The van der Waals surface area contributed by atoms with Crippen LogP contribution in [0.3, 0.4) is 0 Å². The average molecular weight is 243 g/mol. The number of carbonyl (C=O) groups is 1. The number of carbonyl (C=O) groups excluding carboxylic acids is 1. The Morgan fingerprint density at radius 3 is 2.62 bits per heavy atom. The molecular weight excluding hydrogens is 233 g/mol. The number of benzene rings is 1. The van der Waals surface area contributed by atoms with Gasteiger partial charge in [-0.1, -0.05) is 0 Å². The summed E-state index contributed by atoms with van der Waals surface area (Å²) in [5.74, 6) is -0.834. The molecule has 0 amide bonds. The lowest BCUT2D eigenvalue weighted by Gasteiger charge is -2.08. The minimum Gasteiger partial charge on any atom is -0.294 e. The lowest BCUT2D eigenvalue weighted by atomic mass is 10.1. The standard InChI is InChI=1S/C10H10FNO3S/c1-12-16(14,15)9-5-3-7(11)6-2-4-8(13)10(6)9/h3,5,12H,2,4H2,1H3. The van der Waals surface area contributed by atoms with Gasteiger partial charge in [0.25, 0.3) is 0 Å². The summed E-state index contributed by atoms with van der Waals surface area (Å²) < 4.78 is 38.8. The normalized spacial score (nSPS) is 15.2. The van der Waals surface area contributed by atoms with Crippen molar-refractivity contribution in [3.63, 3.8) is 0 Å². The number of rotatable bonds is 2. The molecule has 1 aliphatic rings. The van der Waals surface area contributed by atoms with E-state index in [1.807, 2.05) is 0 Å². The summed E-state index contributed by atoms with van der Waals surface area (Å²) in [6.45, 7) is 0. The largest absolute Gasteiger partial charge is 0.294 e. The van der Waals surface area contributed by atoms with E-state index in [9.17, 15) is 17.6 Å². The van der Waals surface area contributed by atoms with E-state index in [0.717, 1.165) is 12.1 Å². The van der Waals surface area contributed by atoms with E-state index >= 15 is 0 Å². The Labute approximate surface area is 92.5 Å². The van der Waals surface area contributed by atoms with Gasteiger partial charge >= 0.3 is 0 Å². The topological polar surface area (TPSA) is 63.2 Å². The summed E-state index contributed by atoms with van der Waals surface area (Å²) in [6, 6.07) is 2.21. The minimum atomic E-state index is -3.71. The highest BCUT2D eigenvalue weighted by molar-refractivity contribution is 7.89. The van der Waals surface area contributed by atoms with Crippen LogP contribution in [0.2, 0.25) is 0 Å². The second kappa shape index (κ2) is 3.64. The van der Waals surface area contributed by atoms with Crippen molar-refractivity contribution in [3.8, 4) is 0 Å². The fourth-order valence-electron chi connectivity index (χ4n) is 1.85. The molecule has 6 heteroatoms. The number of hydrogen-bond acceptors (Lipinski definition) is 3. The molecule has 0 bridgehead atoms. The summed E-state index contributed by atoms with van der Waals surface area (Å²) in [5, 5.41) is 0. The number of hydrogen-bond donors (Lipinski definition) is 1. The minimum absolute atomic E-state index is 0.00866. The lowest BCUT2D eigenvalue weighted by molar-refractivity contribution is 0.0991. The molecule has 16 heavy (non-hydrogen) atoms. The Kier molecular flexibility index (Phi) is 2.55. The van der Waals surface area contributed by atoms with E-state index in [2.05, 4.69) is 4.72 Å². The van der Waals surface area contributed by atoms with Crippen molar-refractivity contribution in [3.05, 3.63) is 29.1 Å². The van der Waals surface area contributed by atoms with Crippen molar-refractivity contribution in [2.75, 3.05) is 7.05 Å². The fourth-order valence-corrected chi connectivity index (χ4v) is 2.82. The van der Waals surface area contributed by atoms with Crippen LogP contribution in [0.15, 0.2) is 17.0 Å². The highest BCUT2D eigenvalue weighted by Crippen LogP contribution is 2.30. The van der Waals surface area contributed by atoms with Crippen molar-refractivity contribution in [1.29, 1.82) is 0 Å². The van der Waals surface area contributed by atoms with Crippen LogP contribution in [0.4, 0.5) is 4.39 Å². The van der Waals surface area contributed by atoms with Gasteiger partial charge in [-0.05, 0) is 25.6 Å². The summed E-state index contributed by atoms with van der Waals surface area (Å²) in [5.41, 5.74) is 0.218. The van der Waals surface area contributed by atoms with E-state index < -0.39 is 15.8 Å². The van der Waals surface area contributed by atoms with Gasteiger partial charge in [0.15, 0.2) is 5.78 Å². The van der Waals surface area contributed by atoms with Gasteiger partial charge in [0, 0.05) is 17.5 Å². The molecule has 0 spiro atoms. The molecule has 0 atom stereocenters. The maximum atomic E-state index is 13.4. The van der Waals surface area contributed by atoms with Crippen molar-refractivity contribution in [1.82, 2.24) is 4.72 Å². The summed E-state index contributed by atoms with van der Waals surface area (Å²) in [4.78, 5) is 11.4. The monoisotopic (exact) mass is 243 g/mol. The second-order valence-corrected chi connectivity index (χ2v) is 5.38. The molecular formula is C10H10FNO3S. The van der Waals surface area contributed by atoms with Crippen LogP contribution in [0.25, 0.3) is 0 Å². The van der Waals surface area contributed by atoms with E-state index in [1.54, 1.807) is 0 Å². The highest BCUT2D eigenvalue weighted by Gasteiger charge is 2.30. The van der Waals surface area contributed by atoms with Gasteiger partial charge in [-0.2, -0.15) is 0 Å². The summed E-state index contributed by atoms with van der Waals surface area (Å²) in [7, 11) is -2.46. The van der Waals surface area contributed by atoms with Crippen molar-refractivity contribution in [2.24, 2.45) is 0 Å². The predicted molar refractivity (Wildman–Crippen MR) is 55.3 cm³/mol. The number of Topliss-reactive ketones (excluding diaryl/α,β-unsaturated/α-hetero) is 1. The molecule has 1 aliphatic carbocycles. The quantitative estimate of drug-likeness (QED) is 0.838. The summed E-state index contributed by atoms with van der Waals surface area (Å²) in [6.07, 6.45) is 0.440. The molecule has 1 N–H and O–H groups in total. The Bertz CT molecular complexity index is 566. The molecule has 0 radical (unpaired) electrons. The van der Waals surface area contributed by atoms with Crippen LogP contribution in [0.5, 0.6) is 0 Å². The van der Waals surface area contributed by atoms with Crippen LogP contribution >= 0.6 is 0 Å². The molecule has 0 aliphatic heterocycles. The molecule has 0 saturated carbocycles. The van der Waals surface area contributed by atoms with E-state index in [1.165, 1.54) is 7.05 Å². The first-order valence-corrected chi connectivity index (χ1v) is 6.24. The number of nitrogens with one attached hydrogen (secondary N) is 1. The number of ketones is 1. The van der Waals surface area contributed by atoms with Crippen LogP contribution in [-0.2, 0) is 16.4 Å². The van der Waals surface area contributed by atoms with Gasteiger partial charge in [-0.15, -0.1) is 0 Å². The number of fused-ring (bicyclic) bond motifs is 1. The molecule has 2 rings (SSSR count). The van der Waals surface area contributed by atoms with Gasteiger partial charge in [-0.3, -0.25) is 4.79 Å². The van der Waals surface area contributed by atoms with Gasteiger partial charge < -0.3 is 0 Å². The average Bonchev–Trinajstić information content (AvgIpc) is 2.62. The van der Waals surface area contributed by atoms with Crippen LogP contribution in [0.1, 0.15) is 22.3 Å². The number of sulfonamides is 1. The molecule has 0 aromatic heterocycles. The van der Waals surface area contributed by atoms with Crippen LogP contribution < -0.4 is 4.72 Å². The van der Waals surface area contributed by atoms with E-state index in [-0.39, 0.29) is 34.6 Å². The van der Waals surface area contributed by atoms with Gasteiger partial charge in [-0.25, -0.2) is 17.5 Å². The van der Waals surface area contributed by atoms with Crippen molar-refractivity contribution < 1.29 is 17.6 Å². The molecule has 1 aromatic carbocycles. The second-order valence-electron chi connectivity index (χ2n) is 3.53. The fraction of sp³-hybridized carbons (Fsp3) is 0.300. The zero-order valence-electron chi connectivity index (χ0n) is 8.58. The molecule has 0 fully saturated rings. The van der Waals surface area contributed by atoms with Crippen LogP contribution in [-0.4, -0.2) is 21.2 Å². The molecule has 0 saturated heterocycles. The molecule has 86 valence electrons. The van der Waals surface area contributed by atoms with Gasteiger partial charge in [0.2, 0.25) is 10.0 Å². The number of halogens is 1. The first-order valence-electron chi connectivity index (χ1n) is 4.75. The Morgan fingerprint density at radius 2 is 2.00 bits per heavy atom. The predicted octanol–water partition coefficient (Wildman–Crippen LogP) is 0.863. The maximum absolute atomic E-state index is 13.4. The Balaban J connectivity index is 2.76. The maximum Gasteiger partial charge on any atom is 0.241 e. The Hall–Kier alpha value is -1.27. The zero-order chi connectivity index (χ0) is 11.9. The SMILES string of the molecule is CNS(=O)(=O)c1ccc(F)c2c1C(=O)CC2. The van der Waals surface area contributed by atoms with Crippen LogP contribution in [0, 0.1) is 5.82 Å². The Morgan fingerprint density at radius 1 is 1.31 bits per heavy atom. The molecule has 4 nitrogen and oxygen atoms in total. The molecule has 0 unspecified atom stereocenters. The lowest BCUT2D eigenvalue weighted by Crippen LogP contribution is -2.21. The van der Waals surface area contributed by atoms with Crippen molar-refractivity contribution >= 4 is 15.8 Å². The van der Waals surface area contributed by atoms with Crippen molar-refractivity contribution in [2.45, 2.75) is 17.7 Å². The zero-order valence-corrected chi connectivity index (χ0v) is 9.40. The third-order valence-corrected chi connectivity index (χ3v) is 4.11. The first kappa shape index (κ1) is 11.2. The van der Waals surface area contributed by atoms with Gasteiger partial charge in [0.1, 0.15) is 5.82 Å². The third-order valence-electron chi connectivity index (χ3n) is 2.66. The smallest absolute Gasteiger partial charge is 0.241 e. The van der Waals surface area contributed by atoms with E-state index in [4.69, 9.17) is 0 Å². The van der Waals surface area contributed by atoms with Gasteiger partial charge in [0.05, 0.1) is 4.90 Å². The molecule has 1 aromatic rings. The third kappa shape index (κ3) is 1.54. The summed E-state index contributed by atoms with van der Waals surface area (Å²) >= 11 is 0. The highest BCUT2D eigenvalue weighted by atomic mass is 32.2.